The van der Waals surface area contributed by atoms with Crippen LogP contribution >= 0.6 is 0 Å². The molecule has 0 saturated carbocycles. The van der Waals surface area contributed by atoms with Crippen molar-refractivity contribution in [1.29, 1.82) is 0 Å². The average molecular weight is 496 g/mol. The molecule has 2 heterocycles. The van der Waals surface area contributed by atoms with Crippen molar-refractivity contribution in [3.05, 3.63) is 59.7 Å². The molecule has 0 aromatic heterocycles. The van der Waals surface area contributed by atoms with E-state index in [-0.39, 0.29) is 18.3 Å². The van der Waals surface area contributed by atoms with Crippen LogP contribution in [0.1, 0.15) is 63.1 Å². The van der Waals surface area contributed by atoms with Crippen molar-refractivity contribution < 1.29 is 37.3 Å². The molecule has 0 unspecified atom stereocenters. The Bertz CT molecular complexity index is 1050. The first-order valence-corrected chi connectivity index (χ1v) is 11.6. The fraction of sp³-hybridized carbons (Fsp3) is 0.500. The number of benzene rings is 2. The van der Waals surface area contributed by atoms with Gasteiger partial charge in [-0.3, -0.25) is 4.90 Å². The quantitative estimate of drug-likeness (QED) is 0.541. The monoisotopic (exact) mass is 495 g/mol. The van der Waals surface area contributed by atoms with Crippen molar-refractivity contribution in [2.75, 3.05) is 13.2 Å². The Kier molecular flexibility index (Phi) is 6.66. The van der Waals surface area contributed by atoms with Crippen molar-refractivity contribution in [2.24, 2.45) is 0 Å². The van der Waals surface area contributed by atoms with Gasteiger partial charge in [0.2, 0.25) is 0 Å². The second-order valence-corrected chi connectivity index (χ2v) is 10.1. The fourth-order valence-electron chi connectivity index (χ4n) is 5.16. The number of alkyl halides is 3. The first-order chi connectivity index (χ1) is 16.4. The molecule has 0 radical (unpaired) electrons. The van der Waals surface area contributed by atoms with Gasteiger partial charge < -0.3 is 19.3 Å². The average Bonchev–Trinajstić information content (AvgIpc) is 3.17. The molecule has 190 valence electrons. The summed E-state index contributed by atoms with van der Waals surface area (Å²) in [6.07, 6.45) is -3.53. The maximum atomic E-state index is 13.2. The van der Waals surface area contributed by atoms with Gasteiger partial charge in [0.1, 0.15) is 17.1 Å². The molecule has 1 amide bonds. The summed E-state index contributed by atoms with van der Waals surface area (Å²) in [5, 5.41) is 10.5. The van der Waals surface area contributed by atoms with Gasteiger partial charge in [-0.2, -0.15) is 0 Å². The fourth-order valence-corrected chi connectivity index (χ4v) is 5.16. The SMILES string of the molecule is CC(C)(C)OC(=O)N1CCC[C@@]2(C[C@H](c3cc(O[14C](F)(F)F)ccc3O)CO2)[C@@H]1c1ccccc1. The number of ether oxygens (including phenoxy) is 3. The van der Waals surface area contributed by atoms with Gasteiger partial charge in [-0.15, -0.1) is 13.2 Å². The first-order valence-electron chi connectivity index (χ1n) is 11.6. The third-order valence-electron chi connectivity index (χ3n) is 6.39. The Labute approximate surface area is 202 Å². The highest BCUT2D eigenvalue weighted by Crippen LogP contribution is 2.52. The normalized spacial score (nSPS) is 25.0. The zero-order chi connectivity index (χ0) is 25.4. The molecule has 2 aliphatic rings. The van der Waals surface area contributed by atoms with Crippen molar-refractivity contribution in [1.82, 2.24) is 4.90 Å². The Morgan fingerprint density at radius 1 is 1.17 bits per heavy atom. The summed E-state index contributed by atoms with van der Waals surface area (Å²) in [6.45, 7) is 6.11. The molecule has 9 heteroatoms. The van der Waals surface area contributed by atoms with E-state index in [0.717, 1.165) is 11.6 Å². The second-order valence-electron chi connectivity index (χ2n) is 10.1. The van der Waals surface area contributed by atoms with Crippen LogP contribution in [0.25, 0.3) is 0 Å². The molecule has 2 aromatic rings. The number of hydrogen-bond donors (Lipinski definition) is 1. The summed E-state index contributed by atoms with van der Waals surface area (Å²) in [6, 6.07) is 12.6. The third kappa shape index (κ3) is 5.66. The molecule has 0 aliphatic carbocycles. The predicted octanol–water partition coefficient (Wildman–Crippen LogP) is 6.31. The van der Waals surface area contributed by atoms with Gasteiger partial charge in [0.15, 0.2) is 0 Å². The van der Waals surface area contributed by atoms with Crippen LogP contribution < -0.4 is 4.74 Å². The molecule has 1 N–H and O–H groups in total. The summed E-state index contributed by atoms with van der Waals surface area (Å²) in [5.41, 5.74) is -0.247. The molecule has 2 fully saturated rings. The number of rotatable bonds is 3. The number of carbonyl (C=O) groups is 1. The van der Waals surface area contributed by atoms with Gasteiger partial charge in [-0.05, 0) is 63.8 Å². The molecule has 3 atom stereocenters. The molecule has 0 bridgehead atoms. The molecule has 35 heavy (non-hydrogen) atoms. The number of phenolic OH excluding ortho intramolecular Hbond substituents is 1. The lowest BCUT2D eigenvalue weighted by atomic mass is 9.76. The predicted molar refractivity (Wildman–Crippen MR) is 122 cm³/mol. The Morgan fingerprint density at radius 2 is 1.89 bits per heavy atom. The summed E-state index contributed by atoms with van der Waals surface area (Å²) in [4.78, 5) is 14.9. The van der Waals surface area contributed by atoms with Crippen LogP contribution in [0.5, 0.6) is 11.5 Å². The van der Waals surface area contributed by atoms with Crippen molar-refractivity contribution in [2.45, 2.75) is 69.6 Å². The standard InChI is InChI=1S/C26H30F3NO5/c1-24(2,3)35-23(32)30-13-7-12-25(22(30)17-8-5-4-6-9-17)15-18(16-33-25)20-14-19(10-11-21(20)31)34-26(27,28)29/h4-6,8-11,14,18,22,31H,7,12-13,15-16H2,1-3H3/t18-,22-,25+/m0/s1/i26+2. The van der Waals surface area contributed by atoms with Crippen molar-refractivity contribution in [3.8, 4) is 11.5 Å². The minimum atomic E-state index is -4.84. The lowest BCUT2D eigenvalue weighted by molar-refractivity contribution is -0.274. The van der Waals surface area contributed by atoms with E-state index >= 15 is 0 Å². The highest BCUT2D eigenvalue weighted by molar-refractivity contribution is 5.69. The van der Waals surface area contributed by atoms with Crippen LogP contribution in [0.2, 0.25) is 0 Å². The zero-order valence-electron chi connectivity index (χ0n) is 20.0. The van der Waals surface area contributed by atoms with Crippen LogP contribution in [0.4, 0.5) is 18.0 Å². The van der Waals surface area contributed by atoms with E-state index < -0.39 is 35.4 Å². The number of nitrogens with zero attached hydrogens (tertiary/aromatic N) is 1. The van der Waals surface area contributed by atoms with E-state index in [9.17, 15) is 23.1 Å². The van der Waals surface area contributed by atoms with Gasteiger partial charge in [-0.25, -0.2) is 4.79 Å². The minimum Gasteiger partial charge on any atom is -0.508 e. The van der Waals surface area contributed by atoms with E-state index in [0.29, 0.717) is 31.4 Å². The van der Waals surface area contributed by atoms with Crippen LogP contribution in [0.3, 0.4) is 0 Å². The minimum absolute atomic E-state index is 0.124. The number of phenols is 1. The Morgan fingerprint density at radius 3 is 2.54 bits per heavy atom. The van der Waals surface area contributed by atoms with Crippen LogP contribution in [0.15, 0.2) is 48.5 Å². The number of aromatic hydroxyl groups is 1. The summed E-state index contributed by atoms with van der Waals surface area (Å²) >= 11 is 0. The molecule has 2 aromatic carbocycles. The third-order valence-corrected chi connectivity index (χ3v) is 6.39. The number of piperidine rings is 1. The van der Waals surface area contributed by atoms with Gasteiger partial charge in [0, 0.05) is 18.0 Å². The molecule has 1 spiro atoms. The van der Waals surface area contributed by atoms with E-state index in [1.54, 1.807) is 4.90 Å². The topological polar surface area (TPSA) is 68.2 Å². The number of carbonyl (C=O) groups excluding carboxylic acids is 1. The van der Waals surface area contributed by atoms with E-state index in [4.69, 9.17) is 9.47 Å². The number of hydrogen-bond acceptors (Lipinski definition) is 5. The van der Waals surface area contributed by atoms with E-state index in [1.165, 1.54) is 12.1 Å². The lowest BCUT2D eigenvalue weighted by Crippen LogP contribution is -2.53. The highest BCUT2D eigenvalue weighted by atomic mass is 19.6. The van der Waals surface area contributed by atoms with Gasteiger partial charge in [0.05, 0.1) is 18.2 Å². The molecule has 4 rings (SSSR count). The van der Waals surface area contributed by atoms with Crippen molar-refractivity contribution >= 4 is 6.09 Å². The van der Waals surface area contributed by atoms with Crippen LogP contribution in [-0.2, 0) is 9.47 Å². The summed E-state index contributed by atoms with van der Waals surface area (Å²) in [5.74, 6) is -0.900. The number of halogens is 3. The largest absolute Gasteiger partial charge is 0.573 e. The molecular weight excluding hydrogens is 465 g/mol. The lowest BCUT2D eigenvalue weighted by Gasteiger charge is -2.47. The second kappa shape index (κ2) is 9.26. The van der Waals surface area contributed by atoms with Crippen LogP contribution in [-0.4, -0.2) is 46.8 Å². The first kappa shape index (κ1) is 25.2. The number of amides is 1. The molecular formula is C26H30F3NO5. The van der Waals surface area contributed by atoms with Gasteiger partial charge >= 0.3 is 12.5 Å². The smallest absolute Gasteiger partial charge is 0.508 e. The van der Waals surface area contributed by atoms with E-state index in [2.05, 4.69) is 4.74 Å². The van der Waals surface area contributed by atoms with Crippen molar-refractivity contribution in [3.63, 3.8) is 0 Å². The van der Waals surface area contributed by atoms with Crippen LogP contribution in [0, 0.1) is 0 Å². The number of likely N-dealkylation sites (tertiary alicyclic amines) is 1. The Hall–Kier alpha value is -2.94. The highest BCUT2D eigenvalue weighted by Gasteiger charge is 2.53. The Balaban J connectivity index is 1.67. The maximum Gasteiger partial charge on any atom is 0.573 e. The summed E-state index contributed by atoms with van der Waals surface area (Å²) < 4.78 is 54.4. The zero-order valence-corrected chi connectivity index (χ0v) is 20.0. The molecule has 6 nitrogen and oxygen atoms in total. The molecule has 2 saturated heterocycles. The molecule has 2 aliphatic heterocycles. The summed E-state index contributed by atoms with van der Waals surface area (Å²) in [7, 11) is 0. The van der Waals surface area contributed by atoms with Gasteiger partial charge in [0.25, 0.3) is 0 Å². The van der Waals surface area contributed by atoms with E-state index in [1.807, 2.05) is 51.1 Å². The maximum absolute atomic E-state index is 13.2. The van der Waals surface area contributed by atoms with Gasteiger partial charge in [-0.1, -0.05) is 30.3 Å².